The lowest BCUT2D eigenvalue weighted by molar-refractivity contribution is -0.126. The molecule has 4 rings (SSSR count). The predicted octanol–water partition coefficient (Wildman–Crippen LogP) is 3.82. The summed E-state index contributed by atoms with van der Waals surface area (Å²) in [5.74, 6) is -2.25. The average Bonchev–Trinajstić information content (AvgIpc) is 3.11. The first-order valence-electron chi connectivity index (χ1n) is 9.79. The second-order valence-corrected chi connectivity index (χ2v) is 10.0. The number of halogens is 3. The number of piperidine rings is 1. The third kappa shape index (κ3) is 4.08. The molecule has 30 heavy (non-hydrogen) atoms. The Hall–Kier alpha value is -2.03. The van der Waals surface area contributed by atoms with E-state index in [-0.39, 0.29) is 31.0 Å². The molecule has 0 saturated carbocycles. The van der Waals surface area contributed by atoms with E-state index in [2.05, 4.69) is 5.32 Å². The molecule has 1 amide bonds. The van der Waals surface area contributed by atoms with Crippen molar-refractivity contribution in [3.05, 3.63) is 64.2 Å². The molecule has 5 nitrogen and oxygen atoms in total. The number of nitrogens with one attached hydrogen (secondary N) is 1. The molecule has 1 saturated heterocycles. The first-order valence-corrected chi connectivity index (χ1v) is 11.6. The number of carbonyl (C=O) groups is 1. The van der Waals surface area contributed by atoms with Crippen LogP contribution in [0.25, 0.3) is 0 Å². The van der Waals surface area contributed by atoms with Gasteiger partial charge in [0, 0.05) is 24.0 Å². The summed E-state index contributed by atoms with van der Waals surface area (Å²) in [5, 5.41) is 3.74. The zero-order valence-corrected chi connectivity index (χ0v) is 17.6. The summed E-state index contributed by atoms with van der Waals surface area (Å²) in [6, 6.07) is 7.94. The summed E-state index contributed by atoms with van der Waals surface area (Å²) in [6.45, 7) is 0.153. The standard InChI is InChI=1S/C21H21ClF2N2O3S/c22-15-2-4-17-14(11-15)1-6-19(17)25-21(27)13-7-9-26(10-8-13)30(28,29)20-12-16(23)3-5-18(20)24/h2-5,11-13,19H,1,6-10H2,(H,25,27). The van der Waals surface area contributed by atoms with E-state index in [9.17, 15) is 22.0 Å². The van der Waals surface area contributed by atoms with Crippen LogP contribution < -0.4 is 5.32 Å². The Morgan fingerprint density at radius 2 is 1.80 bits per heavy atom. The summed E-state index contributed by atoms with van der Waals surface area (Å²) in [6.07, 6.45) is 2.29. The Bertz CT molecular complexity index is 1090. The van der Waals surface area contributed by atoms with Gasteiger partial charge in [-0.05, 0) is 67.1 Å². The smallest absolute Gasteiger partial charge is 0.246 e. The van der Waals surface area contributed by atoms with E-state index in [1.165, 1.54) is 0 Å². The van der Waals surface area contributed by atoms with E-state index in [4.69, 9.17) is 11.6 Å². The summed E-state index contributed by atoms with van der Waals surface area (Å²) >= 11 is 6.03. The van der Waals surface area contributed by atoms with Gasteiger partial charge >= 0.3 is 0 Å². The topological polar surface area (TPSA) is 66.5 Å². The molecule has 1 atom stereocenters. The number of rotatable bonds is 4. The minimum absolute atomic E-state index is 0.0760. The maximum absolute atomic E-state index is 14.0. The van der Waals surface area contributed by atoms with Gasteiger partial charge in [-0.2, -0.15) is 4.31 Å². The molecule has 0 radical (unpaired) electrons. The number of amides is 1. The van der Waals surface area contributed by atoms with Gasteiger partial charge in [0.2, 0.25) is 15.9 Å². The van der Waals surface area contributed by atoms with E-state index in [0.717, 1.165) is 40.4 Å². The van der Waals surface area contributed by atoms with Crippen LogP contribution in [0.1, 0.15) is 36.4 Å². The normalized spacial score (nSPS) is 20.2. The molecule has 2 aromatic rings. The molecule has 2 aromatic carbocycles. The Morgan fingerprint density at radius 1 is 1.07 bits per heavy atom. The summed E-state index contributed by atoms with van der Waals surface area (Å²) in [7, 11) is -4.16. The van der Waals surface area contributed by atoms with Crippen LogP contribution in [0.3, 0.4) is 0 Å². The van der Waals surface area contributed by atoms with Gasteiger partial charge in [-0.15, -0.1) is 0 Å². The van der Waals surface area contributed by atoms with Crippen molar-refractivity contribution in [3.8, 4) is 0 Å². The Kier molecular flexibility index (Phi) is 5.83. The zero-order chi connectivity index (χ0) is 21.5. The molecule has 160 valence electrons. The van der Waals surface area contributed by atoms with Crippen LogP contribution in [0.5, 0.6) is 0 Å². The Labute approximate surface area is 179 Å². The van der Waals surface area contributed by atoms with Crippen molar-refractivity contribution >= 4 is 27.5 Å². The van der Waals surface area contributed by atoms with Gasteiger partial charge in [-0.25, -0.2) is 17.2 Å². The largest absolute Gasteiger partial charge is 0.349 e. The maximum atomic E-state index is 14.0. The SMILES string of the molecule is O=C(NC1CCc2cc(Cl)ccc21)C1CCN(S(=O)(=O)c2cc(F)ccc2F)CC1. The van der Waals surface area contributed by atoms with Crippen molar-refractivity contribution in [2.75, 3.05) is 13.1 Å². The minimum Gasteiger partial charge on any atom is -0.349 e. The lowest BCUT2D eigenvalue weighted by atomic mass is 9.96. The fourth-order valence-corrected chi connectivity index (χ4v) is 5.94. The number of fused-ring (bicyclic) bond motifs is 1. The van der Waals surface area contributed by atoms with E-state index in [1.807, 2.05) is 12.1 Å². The maximum Gasteiger partial charge on any atom is 0.246 e. The zero-order valence-electron chi connectivity index (χ0n) is 16.1. The summed E-state index contributed by atoms with van der Waals surface area (Å²) < 4.78 is 53.9. The van der Waals surface area contributed by atoms with Crippen LogP contribution in [-0.2, 0) is 21.2 Å². The molecule has 1 aliphatic heterocycles. The second-order valence-electron chi connectivity index (χ2n) is 7.70. The average molecular weight is 455 g/mol. The number of benzene rings is 2. The Balaban J connectivity index is 1.39. The summed E-state index contributed by atoms with van der Waals surface area (Å²) in [4.78, 5) is 12.1. The van der Waals surface area contributed by atoms with E-state index >= 15 is 0 Å². The number of sulfonamides is 1. The predicted molar refractivity (Wildman–Crippen MR) is 108 cm³/mol. The molecule has 1 unspecified atom stereocenters. The molecule has 1 N–H and O–H groups in total. The highest BCUT2D eigenvalue weighted by Gasteiger charge is 2.35. The van der Waals surface area contributed by atoms with E-state index in [0.29, 0.717) is 23.9 Å². The van der Waals surface area contributed by atoms with Crippen LogP contribution in [0.15, 0.2) is 41.3 Å². The highest BCUT2D eigenvalue weighted by molar-refractivity contribution is 7.89. The van der Waals surface area contributed by atoms with Crippen molar-refractivity contribution in [1.29, 1.82) is 0 Å². The summed E-state index contributed by atoms with van der Waals surface area (Å²) in [5.41, 5.74) is 2.19. The first-order chi connectivity index (χ1) is 14.3. The molecule has 1 aliphatic carbocycles. The van der Waals surface area contributed by atoms with Crippen molar-refractivity contribution in [1.82, 2.24) is 9.62 Å². The highest BCUT2D eigenvalue weighted by atomic mass is 35.5. The fourth-order valence-electron chi connectivity index (χ4n) is 4.20. The van der Waals surface area contributed by atoms with Gasteiger partial charge < -0.3 is 5.32 Å². The van der Waals surface area contributed by atoms with Gasteiger partial charge in [-0.1, -0.05) is 17.7 Å². The van der Waals surface area contributed by atoms with Gasteiger partial charge in [0.25, 0.3) is 0 Å². The molecule has 1 heterocycles. The third-order valence-corrected chi connectivity index (χ3v) is 7.98. The molecule has 9 heteroatoms. The van der Waals surface area contributed by atoms with Crippen molar-refractivity contribution in [2.24, 2.45) is 5.92 Å². The molecule has 0 aromatic heterocycles. The third-order valence-electron chi connectivity index (χ3n) is 5.84. The van der Waals surface area contributed by atoms with Crippen LogP contribution >= 0.6 is 11.6 Å². The highest BCUT2D eigenvalue weighted by Crippen LogP contribution is 2.34. The van der Waals surface area contributed by atoms with Crippen LogP contribution in [0.4, 0.5) is 8.78 Å². The lowest BCUT2D eigenvalue weighted by Gasteiger charge is -2.31. The molecule has 0 spiro atoms. The van der Waals surface area contributed by atoms with E-state index in [1.54, 1.807) is 6.07 Å². The molecule has 1 fully saturated rings. The second kappa shape index (κ2) is 8.24. The monoisotopic (exact) mass is 454 g/mol. The molecule has 2 aliphatic rings. The fraction of sp³-hybridized carbons (Fsp3) is 0.381. The van der Waals surface area contributed by atoms with E-state index < -0.39 is 26.6 Å². The van der Waals surface area contributed by atoms with Crippen molar-refractivity contribution < 1.29 is 22.0 Å². The molecule has 0 bridgehead atoms. The number of aryl methyl sites for hydroxylation is 1. The number of nitrogens with zero attached hydrogens (tertiary/aromatic N) is 1. The van der Waals surface area contributed by atoms with Gasteiger partial charge in [0.1, 0.15) is 16.5 Å². The number of carbonyl (C=O) groups excluding carboxylic acids is 1. The van der Waals surface area contributed by atoms with Crippen LogP contribution in [0.2, 0.25) is 5.02 Å². The lowest BCUT2D eigenvalue weighted by Crippen LogP contribution is -2.43. The van der Waals surface area contributed by atoms with Crippen molar-refractivity contribution in [2.45, 2.75) is 36.6 Å². The number of hydrogen-bond donors (Lipinski definition) is 1. The molecular formula is C21H21ClF2N2O3S. The quantitative estimate of drug-likeness (QED) is 0.763. The minimum atomic E-state index is -4.16. The van der Waals surface area contributed by atoms with Crippen LogP contribution in [-0.4, -0.2) is 31.7 Å². The first kappa shape index (κ1) is 21.2. The molecular weight excluding hydrogens is 434 g/mol. The van der Waals surface area contributed by atoms with Gasteiger partial charge in [-0.3, -0.25) is 4.79 Å². The van der Waals surface area contributed by atoms with Gasteiger partial charge in [0.15, 0.2) is 0 Å². The van der Waals surface area contributed by atoms with Crippen molar-refractivity contribution in [3.63, 3.8) is 0 Å². The van der Waals surface area contributed by atoms with Crippen LogP contribution in [0, 0.1) is 17.6 Å². The number of hydrogen-bond acceptors (Lipinski definition) is 3. The van der Waals surface area contributed by atoms with Gasteiger partial charge in [0.05, 0.1) is 6.04 Å². The Morgan fingerprint density at radius 3 is 2.53 bits per heavy atom.